The first-order valence-electron chi connectivity index (χ1n) is 5.76. The lowest BCUT2D eigenvalue weighted by Crippen LogP contribution is -2.24. The van der Waals surface area contributed by atoms with E-state index in [1.807, 2.05) is 0 Å². The molecule has 0 aromatic rings. The Hall–Kier alpha value is 0.390. The number of hydrogen-bond donors (Lipinski definition) is 0. The zero-order chi connectivity index (χ0) is 11.1. The minimum atomic E-state index is -0.0238. The summed E-state index contributed by atoms with van der Waals surface area (Å²) in [5.74, 6) is 0. The molecule has 3 heteroatoms. The monoisotopic (exact) mass is 324 g/mol. The molecular weight excluding hydrogens is 303 g/mol. The first-order valence-corrected chi connectivity index (χ1v) is 7.29. The second-order valence-corrected chi connectivity index (χ2v) is 4.92. The van der Waals surface area contributed by atoms with E-state index < -0.39 is 0 Å². The molecule has 1 aliphatic carbocycles. The summed E-state index contributed by atoms with van der Waals surface area (Å²) in [4.78, 5) is 0. The smallest absolute Gasteiger partial charge is 0.167 e. The quantitative estimate of drug-likeness (QED) is 0.234. The van der Waals surface area contributed by atoms with Crippen LogP contribution in [0.15, 0.2) is 11.6 Å². The number of hydrogen-bond acceptors (Lipinski definition) is 2. The van der Waals surface area contributed by atoms with Crippen molar-refractivity contribution in [3.05, 3.63) is 11.6 Å². The summed E-state index contributed by atoms with van der Waals surface area (Å²) < 4.78 is 12.4. The topological polar surface area (TPSA) is 18.5 Å². The molecule has 1 rings (SSSR count). The van der Waals surface area contributed by atoms with Gasteiger partial charge in [-0.1, -0.05) is 47.6 Å². The number of halogens is 1. The second kappa shape index (κ2) is 7.63. The largest absolute Gasteiger partial charge is 0.352 e. The summed E-state index contributed by atoms with van der Waals surface area (Å²) in [7, 11) is 0. The van der Waals surface area contributed by atoms with Crippen LogP contribution >= 0.6 is 22.6 Å². The van der Waals surface area contributed by atoms with E-state index >= 15 is 0 Å². The van der Waals surface area contributed by atoms with Crippen molar-refractivity contribution in [1.82, 2.24) is 0 Å². The Morgan fingerprint density at radius 1 is 1.60 bits per heavy atom. The molecule has 0 fully saturated rings. The Balaban J connectivity index is 2.21. The number of alkyl halides is 1. The van der Waals surface area contributed by atoms with Gasteiger partial charge in [0.1, 0.15) is 0 Å². The van der Waals surface area contributed by atoms with E-state index in [4.69, 9.17) is 9.47 Å². The fourth-order valence-corrected chi connectivity index (χ4v) is 2.10. The normalized spacial score (nSPS) is 22.9. The van der Waals surface area contributed by atoms with Crippen molar-refractivity contribution in [2.24, 2.45) is 0 Å². The Bertz CT molecular complexity index is 204. The fraction of sp³-hybridized carbons (Fsp3) is 0.833. The number of allylic oxidation sites excluding steroid dienone is 1. The summed E-state index contributed by atoms with van der Waals surface area (Å²) >= 11 is 2.32. The molecule has 15 heavy (non-hydrogen) atoms. The molecule has 0 N–H and O–H groups in total. The molecule has 0 bridgehead atoms. The van der Waals surface area contributed by atoms with Crippen molar-refractivity contribution in [2.75, 3.05) is 11.0 Å². The predicted molar refractivity (Wildman–Crippen MR) is 71.4 cm³/mol. The highest BCUT2D eigenvalue weighted by atomic mass is 127. The number of rotatable bonds is 7. The molecule has 0 radical (unpaired) electrons. The molecular formula is C12H21IO2. The maximum atomic E-state index is 5.87. The van der Waals surface area contributed by atoms with Crippen molar-refractivity contribution in [1.29, 1.82) is 0 Å². The minimum Gasteiger partial charge on any atom is -0.352 e. The molecule has 0 heterocycles. The van der Waals surface area contributed by atoms with Crippen LogP contribution in [0.4, 0.5) is 0 Å². The van der Waals surface area contributed by atoms with Gasteiger partial charge in [-0.25, -0.2) is 0 Å². The first kappa shape index (κ1) is 13.5. The van der Waals surface area contributed by atoms with Crippen LogP contribution in [-0.2, 0) is 9.47 Å². The third-order valence-corrected chi connectivity index (χ3v) is 3.27. The average Bonchev–Trinajstić information content (AvgIpc) is 2.63. The van der Waals surface area contributed by atoms with E-state index in [1.54, 1.807) is 0 Å². The van der Waals surface area contributed by atoms with E-state index in [9.17, 15) is 0 Å². The van der Waals surface area contributed by atoms with Crippen molar-refractivity contribution in [2.45, 2.75) is 51.9 Å². The molecule has 0 aromatic carbocycles. The average molecular weight is 324 g/mol. The Kier molecular flexibility index (Phi) is 6.84. The van der Waals surface area contributed by atoms with Crippen molar-refractivity contribution in [3.8, 4) is 0 Å². The van der Waals surface area contributed by atoms with E-state index in [-0.39, 0.29) is 12.4 Å². The maximum absolute atomic E-state index is 5.87. The van der Waals surface area contributed by atoms with Crippen LogP contribution in [0.5, 0.6) is 0 Å². The molecule has 1 aliphatic rings. The van der Waals surface area contributed by atoms with Gasteiger partial charge in [-0.05, 0) is 26.2 Å². The van der Waals surface area contributed by atoms with E-state index in [0.29, 0.717) is 0 Å². The van der Waals surface area contributed by atoms with Crippen LogP contribution in [0.2, 0.25) is 0 Å². The van der Waals surface area contributed by atoms with Gasteiger partial charge in [0.05, 0.1) is 10.5 Å². The summed E-state index contributed by atoms with van der Waals surface area (Å²) in [6.07, 6.45) is 7.08. The Morgan fingerprint density at radius 3 is 2.93 bits per heavy atom. The van der Waals surface area contributed by atoms with Gasteiger partial charge in [0.2, 0.25) is 0 Å². The molecule has 0 aliphatic heterocycles. The van der Waals surface area contributed by atoms with Gasteiger partial charge in [-0.3, -0.25) is 0 Å². The number of ether oxygens (including phenoxy) is 2. The standard InChI is InChI=1S/C12H21IO2/c1-3-4-7-14-12(9-13)15-11-6-5-10(2)8-11/h8,11-12H,3-7,9H2,1-2H3. The van der Waals surface area contributed by atoms with Crippen LogP contribution in [0.3, 0.4) is 0 Å². The number of unbranched alkanes of at least 4 members (excludes halogenated alkanes) is 1. The zero-order valence-corrected chi connectivity index (χ0v) is 11.8. The van der Waals surface area contributed by atoms with E-state index in [0.717, 1.165) is 23.9 Å². The summed E-state index contributed by atoms with van der Waals surface area (Å²) in [6, 6.07) is 0. The van der Waals surface area contributed by atoms with Gasteiger partial charge in [0.15, 0.2) is 6.29 Å². The van der Waals surface area contributed by atoms with Crippen molar-refractivity contribution < 1.29 is 9.47 Å². The van der Waals surface area contributed by atoms with Crippen LogP contribution in [0.1, 0.15) is 39.5 Å². The van der Waals surface area contributed by atoms with Gasteiger partial charge in [0.25, 0.3) is 0 Å². The molecule has 2 nitrogen and oxygen atoms in total. The third-order valence-electron chi connectivity index (χ3n) is 2.55. The van der Waals surface area contributed by atoms with Crippen LogP contribution < -0.4 is 0 Å². The van der Waals surface area contributed by atoms with Gasteiger partial charge in [0, 0.05) is 6.61 Å². The van der Waals surface area contributed by atoms with Crippen LogP contribution in [-0.4, -0.2) is 23.4 Å². The van der Waals surface area contributed by atoms with Gasteiger partial charge >= 0.3 is 0 Å². The molecule has 0 saturated heterocycles. The lowest BCUT2D eigenvalue weighted by atomic mass is 10.3. The van der Waals surface area contributed by atoms with Crippen LogP contribution in [0, 0.1) is 0 Å². The molecule has 0 saturated carbocycles. The van der Waals surface area contributed by atoms with Gasteiger partial charge in [-0.15, -0.1) is 0 Å². The highest BCUT2D eigenvalue weighted by Crippen LogP contribution is 2.22. The van der Waals surface area contributed by atoms with Gasteiger partial charge < -0.3 is 9.47 Å². The molecule has 0 amide bonds. The van der Waals surface area contributed by atoms with Crippen molar-refractivity contribution >= 4 is 22.6 Å². The minimum absolute atomic E-state index is 0.0238. The molecule has 88 valence electrons. The molecule has 0 spiro atoms. The zero-order valence-electron chi connectivity index (χ0n) is 9.67. The molecule has 0 aromatic heterocycles. The van der Waals surface area contributed by atoms with E-state index in [1.165, 1.54) is 18.4 Å². The predicted octanol–water partition coefficient (Wildman–Crippen LogP) is 3.69. The Morgan fingerprint density at radius 2 is 2.40 bits per heavy atom. The lowest BCUT2D eigenvalue weighted by molar-refractivity contribution is -0.144. The molecule has 2 unspecified atom stereocenters. The van der Waals surface area contributed by atoms with Crippen molar-refractivity contribution in [3.63, 3.8) is 0 Å². The highest BCUT2D eigenvalue weighted by molar-refractivity contribution is 14.1. The molecule has 2 atom stereocenters. The maximum Gasteiger partial charge on any atom is 0.167 e. The SMILES string of the molecule is CCCCOC(CI)OC1C=C(C)CC1. The fourth-order valence-electron chi connectivity index (χ4n) is 1.64. The third kappa shape index (κ3) is 5.31. The lowest BCUT2D eigenvalue weighted by Gasteiger charge is -2.19. The second-order valence-electron chi connectivity index (χ2n) is 4.03. The van der Waals surface area contributed by atoms with Gasteiger partial charge in [-0.2, -0.15) is 0 Å². The van der Waals surface area contributed by atoms with E-state index in [2.05, 4.69) is 42.5 Å². The van der Waals surface area contributed by atoms with Crippen LogP contribution in [0.25, 0.3) is 0 Å². The Labute approximate surface area is 107 Å². The summed E-state index contributed by atoms with van der Waals surface area (Å²) in [6.45, 7) is 5.16. The first-order chi connectivity index (χ1) is 7.26. The highest BCUT2D eigenvalue weighted by Gasteiger charge is 2.18. The summed E-state index contributed by atoms with van der Waals surface area (Å²) in [5.41, 5.74) is 1.45. The summed E-state index contributed by atoms with van der Waals surface area (Å²) in [5, 5.41) is 0.